The first-order valence-corrected chi connectivity index (χ1v) is 7.02. The van der Waals surface area contributed by atoms with Crippen molar-refractivity contribution in [1.82, 2.24) is 4.90 Å². The number of carbonyl (C=O) groups is 1. The highest BCUT2D eigenvalue weighted by Gasteiger charge is 2.26. The van der Waals surface area contributed by atoms with Gasteiger partial charge in [0.15, 0.2) is 5.17 Å². The van der Waals surface area contributed by atoms with Crippen molar-refractivity contribution >= 4 is 39.9 Å². The van der Waals surface area contributed by atoms with Crippen molar-refractivity contribution in [2.24, 2.45) is 4.99 Å². The highest BCUT2D eigenvalue weighted by Crippen LogP contribution is 2.26. The van der Waals surface area contributed by atoms with Crippen LogP contribution in [0.1, 0.15) is 5.56 Å². The van der Waals surface area contributed by atoms with Crippen LogP contribution in [0.15, 0.2) is 45.6 Å². The fourth-order valence-electron chi connectivity index (χ4n) is 2.02. The van der Waals surface area contributed by atoms with E-state index < -0.39 is 0 Å². The Balaban J connectivity index is 2.07. The summed E-state index contributed by atoms with van der Waals surface area (Å²) in [5, 5.41) is 1.70. The first kappa shape index (κ1) is 12.0. The number of fused-ring (bicyclic) bond motifs is 1. The predicted molar refractivity (Wildman–Crippen MR) is 77.9 cm³/mol. The summed E-state index contributed by atoms with van der Waals surface area (Å²) in [6.45, 7) is 0. The van der Waals surface area contributed by atoms with Crippen LogP contribution in [0.4, 0.5) is 0 Å². The number of amidine groups is 1. The second-order valence-corrected chi connectivity index (χ2v) is 4.95. The highest BCUT2D eigenvalue weighted by molar-refractivity contribution is 8.13. The number of thioether (sulfide) groups is 1. The van der Waals surface area contributed by atoms with E-state index in [2.05, 4.69) is 4.99 Å². The van der Waals surface area contributed by atoms with Crippen molar-refractivity contribution in [3.05, 3.63) is 41.8 Å². The molecular weight excluding hydrogens is 260 g/mol. The van der Waals surface area contributed by atoms with E-state index in [1.54, 1.807) is 24.3 Å². The van der Waals surface area contributed by atoms with Crippen LogP contribution in [0, 0.1) is 0 Å². The first-order valence-electron chi connectivity index (χ1n) is 5.79. The third-order valence-corrected chi connectivity index (χ3v) is 3.74. The van der Waals surface area contributed by atoms with Crippen LogP contribution in [0.3, 0.4) is 0 Å². The maximum Gasteiger partial charge on any atom is 0.278 e. The lowest BCUT2D eigenvalue weighted by molar-refractivity contribution is -0.121. The number of benzene rings is 1. The molecule has 1 amide bonds. The number of hydrogen-bond acceptors (Lipinski definition) is 4. The van der Waals surface area contributed by atoms with Crippen LogP contribution < -0.4 is 0 Å². The molecule has 3 rings (SSSR count). The molecule has 0 saturated carbocycles. The molecule has 0 bridgehead atoms. The van der Waals surface area contributed by atoms with Crippen LogP contribution in [0.5, 0.6) is 0 Å². The van der Waals surface area contributed by atoms with Gasteiger partial charge in [-0.15, -0.1) is 0 Å². The van der Waals surface area contributed by atoms with E-state index in [0.29, 0.717) is 10.9 Å². The van der Waals surface area contributed by atoms with E-state index in [-0.39, 0.29) is 5.91 Å². The van der Waals surface area contributed by atoms with Gasteiger partial charge in [-0.1, -0.05) is 30.0 Å². The molecule has 0 aliphatic carbocycles. The molecule has 0 atom stereocenters. The Morgan fingerprint density at radius 3 is 2.89 bits per heavy atom. The minimum Gasteiger partial charge on any atom is -0.464 e. The van der Waals surface area contributed by atoms with E-state index >= 15 is 0 Å². The summed E-state index contributed by atoms with van der Waals surface area (Å²) in [7, 11) is 1.73. The van der Waals surface area contributed by atoms with Gasteiger partial charge in [0.05, 0.1) is 6.26 Å². The maximum atomic E-state index is 12.0. The van der Waals surface area contributed by atoms with Crippen molar-refractivity contribution in [1.29, 1.82) is 0 Å². The van der Waals surface area contributed by atoms with Crippen molar-refractivity contribution in [3.8, 4) is 0 Å². The lowest BCUT2D eigenvalue weighted by atomic mass is 10.1. The predicted octanol–water partition coefficient (Wildman–Crippen LogP) is 2.96. The zero-order chi connectivity index (χ0) is 13.4. The molecule has 1 aliphatic heterocycles. The normalized spacial score (nSPS) is 17.6. The molecule has 0 fully saturated rings. The summed E-state index contributed by atoms with van der Waals surface area (Å²) < 4.78 is 5.45. The van der Waals surface area contributed by atoms with Gasteiger partial charge in [-0.05, 0) is 18.4 Å². The third kappa shape index (κ3) is 1.96. The Hall–Kier alpha value is -2.01. The lowest BCUT2D eigenvalue weighted by Gasteiger charge is -2.07. The van der Waals surface area contributed by atoms with Gasteiger partial charge >= 0.3 is 0 Å². The van der Waals surface area contributed by atoms with Gasteiger partial charge < -0.3 is 4.42 Å². The van der Waals surface area contributed by atoms with E-state index in [9.17, 15) is 4.79 Å². The van der Waals surface area contributed by atoms with Crippen LogP contribution >= 0.6 is 11.8 Å². The fraction of sp³-hybridized carbons (Fsp3) is 0.143. The minimum atomic E-state index is -0.0883. The van der Waals surface area contributed by atoms with Gasteiger partial charge in [-0.3, -0.25) is 9.69 Å². The molecule has 0 unspecified atom stereocenters. The third-order valence-electron chi connectivity index (χ3n) is 3.01. The number of amides is 1. The van der Waals surface area contributed by atoms with Gasteiger partial charge in [0.2, 0.25) is 0 Å². The standard InChI is InChI=1S/C14H12N2O2S/c1-16-13(17)11(15-14(16)19-2)7-9-8-18-12-6-4-3-5-10(9)12/h3-8H,1-2H3. The molecule has 1 aromatic carbocycles. The molecule has 5 heteroatoms. The SMILES string of the molecule is CSC1=NC(=Cc2coc3ccccc23)C(=O)N1C. The summed E-state index contributed by atoms with van der Waals surface area (Å²) in [6, 6.07) is 7.73. The summed E-state index contributed by atoms with van der Waals surface area (Å²) in [5.41, 5.74) is 2.12. The zero-order valence-electron chi connectivity index (χ0n) is 10.6. The topological polar surface area (TPSA) is 45.8 Å². The molecule has 0 radical (unpaired) electrons. The average Bonchev–Trinajstić information content (AvgIpc) is 2.96. The second kappa shape index (κ2) is 4.59. The highest BCUT2D eigenvalue weighted by atomic mass is 32.2. The number of likely N-dealkylation sites (N-methyl/N-ethyl adjacent to an activating group) is 1. The van der Waals surface area contributed by atoms with Gasteiger partial charge in [0.25, 0.3) is 5.91 Å². The smallest absolute Gasteiger partial charge is 0.278 e. The number of aliphatic imine (C=N–C) groups is 1. The molecule has 0 saturated heterocycles. The quantitative estimate of drug-likeness (QED) is 0.750. The van der Waals surface area contributed by atoms with Gasteiger partial charge in [0, 0.05) is 18.0 Å². The van der Waals surface area contributed by atoms with Crippen molar-refractivity contribution in [2.75, 3.05) is 13.3 Å². The van der Waals surface area contributed by atoms with Gasteiger partial charge in [-0.2, -0.15) is 0 Å². The zero-order valence-corrected chi connectivity index (χ0v) is 11.4. The molecule has 96 valence electrons. The van der Waals surface area contributed by atoms with Crippen molar-refractivity contribution in [2.45, 2.75) is 0 Å². The van der Waals surface area contributed by atoms with Crippen molar-refractivity contribution in [3.63, 3.8) is 0 Å². The van der Waals surface area contributed by atoms with E-state index in [4.69, 9.17) is 4.42 Å². The number of nitrogens with zero attached hydrogens (tertiary/aromatic N) is 2. The van der Waals surface area contributed by atoms with Crippen LogP contribution in [0.2, 0.25) is 0 Å². The number of carbonyl (C=O) groups excluding carboxylic acids is 1. The van der Waals surface area contributed by atoms with Crippen LogP contribution in [-0.2, 0) is 4.79 Å². The lowest BCUT2D eigenvalue weighted by Crippen LogP contribution is -2.25. The number of hydrogen-bond donors (Lipinski definition) is 0. The molecule has 4 nitrogen and oxygen atoms in total. The van der Waals surface area contributed by atoms with Crippen molar-refractivity contribution < 1.29 is 9.21 Å². The molecule has 0 N–H and O–H groups in total. The van der Waals surface area contributed by atoms with Crippen LogP contribution in [-0.4, -0.2) is 29.3 Å². The molecule has 2 heterocycles. The second-order valence-electron chi connectivity index (χ2n) is 4.18. The summed E-state index contributed by atoms with van der Waals surface area (Å²) in [6.07, 6.45) is 5.32. The number of furan rings is 1. The maximum absolute atomic E-state index is 12.0. The molecule has 1 aliphatic rings. The Bertz CT molecular complexity index is 715. The molecule has 19 heavy (non-hydrogen) atoms. The van der Waals surface area contributed by atoms with Gasteiger partial charge in [-0.25, -0.2) is 4.99 Å². The largest absolute Gasteiger partial charge is 0.464 e. The molecule has 1 aromatic heterocycles. The van der Waals surface area contributed by atoms with Gasteiger partial charge in [0.1, 0.15) is 11.3 Å². The van der Waals surface area contributed by atoms with Crippen LogP contribution in [0.25, 0.3) is 17.0 Å². The Morgan fingerprint density at radius 1 is 1.37 bits per heavy atom. The number of para-hydroxylation sites is 1. The summed E-state index contributed by atoms with van der Waals surface area (Å²) >= 11 is 1.46. The Kier molecular flexibility index (Phi) is 2.91. The Morgan fingerprint density at radius 2 is 2.16 bits per heavy atom. The average molecular weight is 272 g/mol. The molecule has 0 spiro atoms. The molecular formula is C14H12N2O2S. The minimum absolute atomic E-state index is 0.0883. The number of rotatable bonds is 1. The van der Waals surface area contributed by atoms with E-state index in [1.165, 1.54) is 11.8 Å². The first-order chi connectivity index (χ1) is 9.20. The Labute approximate surface area is 114 Å². The van der Waals surface area contributed by atoms with E-state index in [0.717, 1.165) is 16.5 Å². The summed E-state index contributed by atoms with van der Waals surface area (Å²) in [5.74, 6) is -0.0883. The molecule has 2 aromatic rings. The summed E-state index contributed by atoms with van der Waals surface area (Å²) in [4.78, 5) is 17.9. The van der Waals surface area contributed by atoms with E-state index in [1.807, 2.05) is 30.5 Å². The monoisotopic (exact) mass is 272 g/mol. The fourth-order valence-corrected chi connectivity index (χ4v) is 2.56.